The summed E-state index contributed by atoms with van der Waals surface area (Å²) in [4.78, 5) is 14.5. The van der Waals surface area contributed by atoms with Crippen LogP contribution in [0.4, 0.5) is 0 Å². The lowest BCUT2D eigenvalue weighted by Gasteiger charge is -2.31. The second-order valence-electron chi connectivity index (χ2n) is 5.45. The first-order chi connectivity index (χ1) is 9.60. The van der Waals surface area contributed by atoms with Gasteiger partial charge in [0.05, 0.1) is 17.2 Å². The molecule has 0 radical (unpaired) electrons. The van der Waals surface area contributed by atoms with E-state index in [1.165, 1.54) is 0 Å². The molecule has 0 aromatic heterocycles. The second-order valence-corrected chi connectivity index (χ2v) is 5.45. The number of carbonyl (C=O) groups excluding carboxylic acids is 1. The Morgan fingerprint density at radius 1 is 1.50 bits per heavy atom. The molecule has 1 aromatic rings. The van der Waals surface area contributed by atoms with Gasteiger partial charge < -0.3 is 10.2 Å². The summed E-state index contributed by atoms with van der Waals surface area (Å²) >= 11 is 0. The molecule has 1 aliphatic heterocycles. The number of amides is 1. The third-order valence-corrected chi connectivity index (χ3v) is 4.01. The Morgan fingerprint density at radius 3 is 2.85 bits per heavy atom. The van der Waals surface area contributed by atoms with Crippen molar-refractivity contribution in [3.05, 3.63) is 35.4 Å². The molecule has 1 amide bonds. The van der Waals surface area contributed by atoms with Crippen molar-refractivity contribution in [1.82, 2.24) is 10.2 Å². The average molecular weight is 271 g/mol. The molecule has 1 saturated heterocycles. The van der Waals surface area contributed by atoms with E-state index in [1.54, 1.807) is 6.07 Å². The van der Waals surface area contributed by atoms with Crippen molar-refractivity contribution in [1.29, 1.82) is 5.26 Å². The van der Waals surface area contributed by atoms with Gasteiger partial charge in [-0.1, -0.05) is 18.2 Å². The summed E-state index contributed by atoms with van der Waals surface area (Å²) in [5.41, 5.74) is 1.10. The van der Waals surface area contributed by atoms with Gasteiger partial charge in [-0.25, -0.2) is 0 Å². The van der Waals surface area contributed by atoms with E-state index in [2.05, 4.69) is 11.4 Å². The number of likely N-dealkylation sites (N-methyl/N-ethyl adjacent to an activating group) is 1. The zero-order valence-corrected chi connectivity index (χ0v) is 12.1. The maximum Gasteiger partial charge on any atom is 0.242 e. The van der Waals surface area contributed by atoms with Crippen molar-refractivity contribution < 1.29 is 4.79 Å². The summed E-state index contributed by atoms with van der Waals surface area (Å²) in [7, 11) is 0. The number of hydrogen-bond acceptors (Lipinski definition) is 3. The van der Waals surface area contributed by atoms with E-state index in [-0.39, 0.29) is 5.91 Å². The van der Waals surface area contributed by atoms with Gasteiger partial charge in [0.15, 0.2) is 0 Å². The molecule has 106 valence electrons. The van der Waals surface area contributed by atoms with Crippen LogP contribution in [0.2, 0.25) is 0 Å². The van der Waals surface area contributed by atoms with Gasteiger partial charge in [0.25, 0.3) is 0 Å². The largest absolute Gasteiger partial charge is 0.337 e. The lowest BCUT2D eigenvalue weighted by atomic mass is 9.97. The Bertz CT molecular complexity index is 527. The molecule has 0 bridgehead atoms. The molecule has 2 rings (SSSR count). The van der Waals surface area contributed by atoms with Gasteiger partial charge in [0.2, 0.25) is 5.91 Å². The summed E-state index contributed by atoms with van der Waals surface area (Å²) in [6.07, 6.45) is 1.91. The predicted molar refractivity (Wildman–Crippen MR) is 77.9 cm³/mol. The van der Waals surface area contributed by atoms with Crippen LogP contribution in [0.25, 0.3) is 0 Å². The SMILES string of the molecule is CCN(Cc1ccccc1C#N)C(=O)C1(C)CCCN1. The van der Waals surface area contributed by atoms with E-state index in [4.69, 9.17) is 5.26 Å². The van der Waals surface area contributed by atoms with Gasteiger partial charge in [-0.15, -0.1) is 0 Å². The molecule has 1 aromatic carbocycles. The molecule has 1 unspecified atom stereocenters. The van der Waals surface area contributed by atoms with Gasteiger partial charge in [-0.3, -0.25) is 4.79 Å². The lowest BCUT2D eigenvalue weighted by molar-refractivity contribution is -0.137. The number of nitrogens with one attached hydrogen (secondary N) is 1. The fourth-order valence-electron chi connectivity index (χ4n) is 2.73. The molecule has 1 aliphatic rings. The van der Waals surface area contributed by atoms with Crippen LogP contribution in [0.15, 0.2) is 24.3 Å². The Labute approximate surface area is 120 Å². The van der Waals surface area contributed by atoms with Crippen LogP contribution in [-0.2, 0) is 11.3 Å². The van der Waals surface area contributed by atoms with Gasteiger partial charge in [-0.2, -0.15) is 5.26 Å². The minimum atomic E-state index is -0.447. The maximum atomic E-state index is 12.7. The van der Waals surface area contributed by atoms with Crippen LogP contribution in [0.1, 0.15) is 37.8 Å². The first-order valence-corrected chi connectivity index (χ1v) is 7.13. The lowest BCUT2D eigenvalue weighted by Crippen LogP contribution is -2.52. The van der Waals surface area contributed by atoms with E-state index in [1.807, 2.05) is 36.9 Å². The molecule has 4 heteroatoms. The molecule has 1 fully saturated rings. The third kappa shape index (κ3) is 2.83. The minimum Gasteiger partial charge on any atom is -0.337 e. The average Bonchev–Trinajstić information content (AvgIpc) is 2.92. The fraction of sp³-hybridized carbons (Fsp3) is 0.500. The molecule has 0 saturated carbocycles. The highest BCUT2D eigenvalue weighted by atomic mass is 16.2. The van der Waals surface area contributed by atoms with Crippen molar-refractivity contribution >= 4 is 5.91 Å². The van der Waals surface area contributed by atoms with Crippen molar-refractivity contribution in [3.63, 3.8) is 0 Å². The van der Waals surface area contributed by atoms with Crippen molar-refractivity contribution in [3.8, 4) is 6.07 Å². The molecule has 4 nitrogen and oxygen atoms in total. The second kappa shape index (κ2) is 6.06. The van der Waals surface area contributed by atoms with Gasteiger partial charge in [-0.05, 0) is 44.9 Å². The zero-order valence-electron chi connectivity index (χ0n) is 12.1. The van der Waals surface area contributed by atoms with E-state index in [9.17, 15) is 4.79 Å². The predicted octanol–water partition coefficient (Wildman–Crippen LogP) is 2.05. The smallest absolute Gasteiger partial charge is 0.242 e. The van der Waals surface area contributed by atoms with Crippen LogP contribution in [0, 0.1) is 11.3 Å². The molecule has 0 spiro atoms. The van der Waals surface area contributed by atoms with Crippen LogP contribution in [-0.4, -0.2) is 29.4 Å². The van der Waals surface area contributed by atoms with Crippen LogP contribution >= 0.6 is 0 Å². The van der Waals surface area contributed by atoms with Crippen LogP contribution < -0.4 is 5.32 Å². The number of benzene rings is 1. The highest BCUT2D eigenvalue weighted by Gasteiger charge is 2.38. The maximum absolute atomic E-state index is 12.7. The summed E-state index contributed by atoms with van der Waals surface area (Å²) < 4.78 is 0. The van der Waals surface area contributed by atoms with Crippen molar-refractivity contribution in [2.75, 3.05) is 13.1 Å². The van der Waals surface area contributed by atoms with Gasteiger partial charge in [0.1, 0.15) is 0 Å². The normalized spacial score (nSPS) is 21.4. The first-order valence-electron chi connectivity index (χ1n) is 7.13. The molecular weight excluding hydrogens is 250 g/mol. The van der Waals surface area contributed by atoms with E-state index in [0.29, 0.717) is 18.7 Å². The zero-order chi connectivity index (χ0) is 14.6. The number of hydrogen-bond donors (Lipinski definition) is 1. The number of nitrogens with zero attached hydrogens (tertiary/aromatic N) is 2. The Morgan fingerprint density at radius 2 is 2.25 bits per heavy atom. The summed E-state index contributed by atoms with van der Waals surface area (Å²) in [5, 5.41) is 12.4. The van der Waals surface area contributed by atoms with Crippen LogP contribution in [0.3, 0.4) is 0 Å². The van der Waals surface area contributed by atoms with Crippen molar-refractivity contribution in [2.45, 2.75) is 38.8 Å². The Kier molecular flexibility index (Phi) is 4.41. The van der Waals surface area contributed by atoms with Crippen LogP contribution in [0.5, 0.6) is 0 Å². The molecule has 1 atom stereocenters. The van der Waals surface area contributed by atoms with E-state index >= 15 is 0 Å². The highest BCUT2D eigenvalue weighted by Crippen LogP contribution is 2.22. The number of nitriles is 1. The number of rotatable bonds is 4. The molecule has 1 heterocycles. The third-order valence-electron chi connectivity index (χ3n) is 4.01. The molecule has 20 heavy (non-hydrogen) atoms. The quantitative estimate of drug-likeness (QED) is 0.912. The highest BCUT2D eigenvalue weighted by molar-refractivity contribution is 5.86. The van der Waals surface area contributed by atoms with E-state index in [0.717, 1.165) is 24.9 Å². The van der Waals surface area contributed by atoms with Gasteiger partial charge >= 0.3 is 0 Å². The standard InChI is InChI=1S/C16H21N3O/c1-3-19(15(20)16(2)9-6-10-18-16)12-14-8-5-4-7-13(14)11-17/h4-5,7-8,18H,3,6,9-10,12H2,1-2H3. The van der Waals surface area contributed by atoms with E-state index < -0.39 is 5.54 Å². The van der Waals surface area contributed by atoms with Gasteiger partial charge in [0, 0.05) is 13.1 Å². The Hall–Kier alpha value is -1.86. The first kappa shape index (κ1) is 14.5. The molecular formula is C16H21N3O. The Balaban J connectivity index is 2.17. The monoisotopic (exact) mass is 271 g/mol. The minimum absolute atomic E-state index is 0.130. The summed E-state index contributed by atoms with van der Waals surface area (Å²) in [6, 6.07) is 9.65. The summed E-state index contributed by atoms with van der Waals surface area (Å²) in [5.74, 6) is 0.130. The summed E-state index contributed by atoms with van der Waals surface area (Å²) in [6.45, 7) is 5.99. The van der Waals surface area contributed by atoms with Crippen molar-refractivity contribution in [2.24, 2.45) is 0 Å². The topological polar surface area (TPSA) is 56.1 Å². The number of carbonyl (C=O) groups is 1. The molecule has 1 N–H and O–H groups in total. The fourth-order valence-corrected chi connectivity index (χ4v) is 2.73. The molecule has 0 aliphatic carbocycles.